The lowest BCUT2D eigenvalue weighted by molar-refractivity contribution is -0.158. The highest BCUT2D eigenvalue weighted by molar-refractivity contribution is 6.34. The average molecular weight is 392 g/mol. The molecule has 0 amide bonds. The molecule has 3 atom stereocenters. The molecule has 3 rings (SSSR count). The number of hydrogen-bond donors (Lipinski definition) is 1. The lowest BCUT2D eigenvalue weighted by atomic mass is 9.57. The van der Waals surface area contributed by atoms with Crippen molar-refractivity contribution in [1.29, 1.82) is 0 Å². The van der Waals surface area contributed by atoms with Crippen LogP contribution in [0.25, 0.3) is 0 Å². The van der Waals surface area contributed by atoms with Gasteiger partial charge in [-0.2, -0.15) is 0 Å². The molecule has 0 saturated heterocycles. The van der Waals surface area contributed by atoms with Gasteiger partial charge in [-0.05, 0) is 62.7 Å². The highest BCUT2D eigenvalue weighted by atomic mass is 35.5. The van der Waals surface area contributed by atoms with E-state index in [4.69, 9.17) is 23.2 Å². The predicted molar refractivity (Wildman–Crippen MR) is 110 cm³/mol. The van der Waals surface area contributed by atoms with Gasteiger partial charge in [-0.15, -0.1) is 0 Å². The van der Waals surface area contributed by atoms with Crippen molar-refractivity contribution < 1.29 is 5.11 Å². The number of rotatable bonds is 4. The monoisotopic (exact) mass is 391 g/mol. The Morgan fingerprint density at radius 2 is 1.69 bits per heavy atom. The Morgan fingerprint density at radius 1 is 1.08 bits per heavy atom. The van der Waals surface area contributed by atoms with Gasteiger partial charge < -0.3 is 10.0 Å². The fraction of sp³-hybridized carbons (Fsp3) is 0.455. The third kappa shape index (κ3) is 3.53. The molecule has 1 aliphatic rings. The molecule has 1 N–H and O–H groups in total. The normalized spacial score (nSPS) is 29.1. The first-order chi connectivity index (χ1) is 12.3. The largest absolute Gasteiger partial charge is 0.383 e. The molecule has 0 spiro atoms. The summed E-state index contributed by atoms with van der Waals surface area (Å²) in [5.41, 5.74) is 0.682. The van der Waals surface area contributed by atoms with E-state index < -0.39 is 5.60 Å². The molecule has 2 aromatic carbocycles. The quantitative estimate of drug-likeness (QED) is 0.738. The van der Waals surface area contributed by atoms with Crippen LogP contribution in [0.3, 0.4) is 0 Å². The molecule has 0 bridgehead atoms. The fourth-order valence-electron chi connectivity index (χ4n) is 4.70. The molecular formula is C22H27Cl2NO. The van der Waals surface area contributed by atoms with Gasteiger partial charge in [0, 0.05) is 21.5 Å². The zero-order chi connectivity index (χ0) is 18.9. The second-order valence-electron chi connectivity index (χ2n) is 8.02. The fourth-order valence-corrected chi connectivity index (χ4v) is 5.23. The summed E-state index contributed by atoms with van der Waals surface area (Å²) >= 11 is 12.6. The Kier molecular flexibility index (Phi) is 5.69. The summed E-state index contributed by atoms with van der Waals surface area (Å²) < 4.78 is 0. The Balaban J connectivity index is 2.14. The van der Waals surface area contributed by atoms with E-state index in [-0.39, 0.29) is 11.5 Å². The first-order valence-electron chi connectivity index (χ1n) is 9.15. The van der Waals surface area contributed by atoms with E-state index in [1.807, 2.05) is 32.3 Å². The van der Waals surface area contributed by atoms with E-state index in [0.29, 0.717) is 10.0 Å². The van der Waals surface area contributed by atoms with Crippen molar-refractivity contribution in [3.05, 3.63) is 69.7 Å². The minimum Gasteiger partial charge on any atom is -0.383 e. The smallest absolute Gasteiger partial charge is 0.111 e. The summed E-state index contributed by atoms with van der Waals surface area (Å²) in [4.78, 5) is 2.14. The van der Waals surface area contributed by atoms with Crippen molar-refractivity contribution in [2.75, 3.05) is 14.1 Å². The van der Waals surface area contributed by atoms with E-state index in [0.717, 1.165) is 31.2 Å². The van der Waals surface area contributed by atoms with E-state index in [2.05, 4.69) is 36.1 Å². The van der Waals surface area contributed by atoms with Gasteiger partial charge >= 0.3 is 0 Å². The van der Waals surface area contributed by atoms with Gasteiger partial charge in [-0.25, -0.2) is 0 Å². The third-order valence-corrected chi connectivity index (χ3v) is 6.41. The van der Waals surface area contributed by atoms with Crippen LogP contribution in [0.2, 0.25) is 10.0 Å². The van der Waals surface area contributed by atoms with Crippen LogP contribution in [0.5, 0.6) is 0 Å². The number of likely N-dealkylation sites (N-methyl/N-ethyl adjacent to an activating group) is 1. The van der Waals surface area contributed by atoms with Crippen molar-refractivity contribution in [1.82, 2.24) is 4.90 Å². The Bertz CT molecular complexity index is 744. The van der Waals surface area contributed by atoms with Crippen LogP contribution in [0.4, 0.5) is 0 Å². The number of halogens is 2. The van der Waals surface area contributed by atoms with Crippen molar-refractivity contribution in [3.63, 3.8) is 0 Å². The lowest BCUT2D eigenvalue weighted by Gasteiger charge is -2.55. The third-order valence-electron chi connectivity index (χ3n) is 5.97. The minimum atomic E-state index is -1.04. The number of benzene rings is 2. The van der Waals surface area contributed by atoms with Crippen LogP contribution in [0.15, 0.2) is 48.5 Å². The van der Waals surface area contributed by atoms with Gasteiger partial charge in [0.2, 0.25) is 0 Å². The summed E-state index contributed by atoms with van der Waals surface area (Å²) in [6.07, 6.45) is 3.78. The predicted octanol–water partition coefficient (Wildman–Crippen LogP) is 5.54. The van der Waals surface area contributed by atoms with Gasteiger partial charge in [0.25, 0.3) is 0 Å². The molecule has 0 radical (unpaired) electrons. The van der Waals surface area contributed by atoms with Gasteiger partial charge in [0.1, 0.15) is 5.60 Å². The Hall–Kier alpha value is -1.06. The van der Waals surface area contributed by atoms with Gasteiger partial charge in [-0.3, -0.25) is 0 Å². The van der Waals surface area contributed by atoms with Crippen molar-refractivity contribution in [2.45, 2.75) is 44.2 Å². The first kappa shape index (κ1) is 19.7. The molecule has 26 heavy (non-hydrogen) atoms. The van der Waals surface area contributed by atoms with Crippen LogP contribution >= 0.6 is 23.2 Å². The molecule has 140 valence electrons. The summed E-state index contributed by atoms with van der Waals surface area (Å²) in [7, 11) is 4.08. The average Bonchev–Trinajstić information content (AvgIpc) is 2.57. The molecule has 2 aromatic rings. The van der Waals surface area contributed by atoms with Crippen LogP contribution in [-0.4, -0.2) is 30.1 Å². The van der Waals surface area contributed by atoms with Gasteiger partial charge in [0.05, 0.1) is 0 Å². The summed E-state index contributed by atoms with van der Waals surface area (Å²) in [6.45, 7) is 2.20. The lowest BCUT2D eigenvalue weighted by Crippen LogP contribution is -2.60. The standard InChI is InChI=1S/C22H27Cl2NO/c1-21(15-16-8-5-4-6-9-16)11-7-10-20(25(2)3)22(21,26)17-12-18(23)14-19(24)13-17/h4-6,8-9,12-14,20,26H,7,10-11,15H2,1-3H3. The maximum atomic E-state index is 12.2. The zero-order valence-electron chi connectivity index (χ0n) is 15.7. The summed E-state index contributed by atoms with van der Waals surface area (Å²) in [5.74, 6) is 0. The maximum absolute atomic E-state index is 12.2. The summed E-state index contributed by atoms with van der Waals surface area (Å²) in [5, 5.41) is 13.4. The highest BCUT2D eigenvalue weighted by Gasteiger charge is 2.55. The second-order valence-corrected chi connectivity index (χ2v) is 8.89. The number of aliphatic hydroxyl groups is 1. The van der Waals surface area contributed by atoms with Crippen LogP contribution in [0, 0.1) is 5.41 Å². The SMILES string of the molecule is CN(C)C1CCCC(C)(Cc2ccccc2)C1(O)c1cc(Cl)cc(Cl)c1. The molecule has 0 heterocycles. The second kappa shape index (κ2) is 7.52. The molecule has 2 nitrogen and oxygen atoms in total. The zero-order valence-corrected chi connectivity index (χ0v) is 17.2. The molecular weight excluding hydrogens is 365 g/mol. The number of hydrogen-bond acceptors (Lipinski definition) is 2. The molecule has 1 aliphatic carbocycles. The maximum Gasteiger partial charge on any atom is 0.111 e. The van der Waals surface area contributed by atoms with E-state index in [1.54, 1.807) is 6.07 Å². The Labute approximate surface area is 166 Å². The van der Waals surface area contributed by atoms with E-state index in [1.165, 1.54) is 5.56 Å². The van der Waals surface area contributed by atoms with E-state index >= 15 is 0 Å². The van der Waals surface area contributed by atoms with Crippen molar-refractivity contribution in [3.8, 4) is 0 Å². The molecule has 0 aromatic heterocycles. The highest BCUT2D eigenvalue weighted by Crippen LogP contribution is 2.54. The van der Waals surface area contributed by atoms with E-state index in [9.17, 15) is 5.11 Å². The van der Waals surface area contributed by atoms with Crippen molar-refractivity contribution in [2.24, 2.45) is 5.41 Å². The van der Waals surface area contributed by atoms with Crippen LogP contribution in [-0.2, 0) is 12.0 Å². The van der Waals surface area contributed by atoms with Crippen LogP contribution < -0.4 is 0 Å². The number of nitrogens with zero attached hydrogens (tertiary/aromatic N) is 1. The molecule has 0 aliphatic heterocycles. The minimum absolute atomic E-state index is 0.000467. The van der Waals surface area contributed by atoms with Crippen molar-refractivity contribution >= 4 is 23.2 Å². The Morgan fingerprint density at radius 3 is 2.27 bits per heavy atom. The molecule has 4 heteroatoms. The van der Waals surface area contributed by atoms with Gasteiger partial charge in [-0.1, -0.05) is 66.9 Å². The van der Waals surface area contributed by atoms with Crippen LogP contribution in [0.1, 0.15) is 37.3 Å². The topological polar surface area (TPSA) is 23.5 Å². The molecule has 1 fully saturated rings. The first-order valence-corrected chi connectivity index (χ1v) is 9.91. The molecule has 1 saturated carbocycles. The summed E-state index contributed by atoms with van der Waals surface area (Å²) in [6, 6.07) is 15.9. The van der Waals surface area contributed by atoms with Gasteiger partial charge in [0.15, 0.2) is 0 Å². The molecule has 3 unspecified atom stereocenters.